The molecule has 0 aliphatic rings. The van der Waals surface area contributed by atoms with Gasteiger partial charge in [0.05, 0.1) is 11.4 Å². The zero-order valence-corrected chi connectivity index (χ0v) is 12.4. The number of methoxy groups -OCH3 is 1. The number of hydrogen-bond donors (Lipinski definition) is 1. The molecule has 0 radical (unpaired) electrons. The van der Waals surface area contributed by atoms with Crippen molar-refractivity contribution in [1.29, 1.82) is 0 Å². The quantitative estimate of drug-likeness (QED) is 0.878. The first kappa shape index (κ1) is 14.4. The monoisotopic (exact) mass is 296 g/mol. The van der Waals surface area contributed by atoms with Crippen LogP contribution < -0.4 is 4.74 Å². The smallest absolute Gasteiger partial charge is 0.122 e. The number of ether oxygens (including phenoxy) is 1. The van der Waals surface area contributed by atoms with E-state index in [4.69, 9.17) is 16.3 Å². The predicted octanol–water partition coefficient (Wildman–Crippen LogP) is 3.80. The molecule has 2 rings (SSSR count). The highest BCUT2D eigenvalue weighted by Gasteiger charge is 2.13. The third-order valence-electron chi connectivity index (χ3n) is 3.08. The molecule has 2 aromatic rings. The first-order valence-corrected chi connectivity index (χ1v) is 7.39. The van der Waals surface area contributed by atoms with Crippen LogP contribution in [0.4, 0.5) is 0 Å². The van der Waals surface area contributed by atoms with Crippen molar-refractivity contribution >= 4 is 22.9 Å². The van der Waals surface area contributed by atoms with Crippen LogP contribution in [0, 0.1) is 5.92 Å². The topological polar surface area (TPSA) is 29.5 Å². The maximum atomic E-state index is 9.55. The van der Waals surface area contributed by atoms with Gasteiger partial charge in [-0.25, -0.2) is 0 Å². The van der Waals surface area contributed by atoms with Crippen LogP contribution in [0.15, 0.2) is 36.4 Å². The molecule has 4 heteroatoms. The number of benzene rings is 1. The molecule has 2 nitrogen and oxygen atoms in total. The number of thiophene rings is 1. The van der Waals surface area contributed by atoms with E-state index in [0.29, 0.717) is 0 Å². The van der Waals surface area contributed by atoms with Gasteiger partial charge >= 0.3 is 0 Å². The van der Waals surface area contributed by atoms with E-state index in [1.54, 1.807) is 18.4 Å². The van der Waals surface area contributed by atoms with Gasteiger partial charge in [0.25, 0.3) is 0 Å². The largest absolute Gasteiger partial charge is 0.496 e. The molecule has 1 aromatic heterocycles. The van der Waals surface area contributed by atoms with Crippen molar-refractivity contribution < 1.29 is 9.84 Å². The summed E-state index contributed by atoms with van der Waals surface area (Å²) in [6, 6.07) is 11.9. The molecule has 0 aliphatic heterocycles. The second-order valence-electron chi connectivity index (χ2n) is 4.47. The maximum absolute atomic E-state index is 9.55. The van der Waals surface area contributed by atoms with Crippen LogP contribution in [0.25, 0.3) is 0 Å². The number of aliphatic hydroxyl groups excluding tert-OH is 1. The number of halogens is 1. The second-order valence-corrected chi connectivity index (χ2v) is 6.27. The lowest BCUT2D eigenvalue weighted by molar-refractivity contribution is 0.224. The van der Waals surface area contributed by atoms with Crippen LogP contribution in [0.1, 0.15) is 10.4 Å². The van der Waals surface area contributed by atoms with Gasteiger partial charge in [0.1, 0.15) is 5.75 Å². The van der Waals surface area contributed by atoms with Crippen LogP contribution in [-0.2, 0) is 12.8 Å². The average molecular weight is 297 g/mol. The first-order valence-electron chi connectivity index (χ1n) is 6.20. The summed E-state index contributed by atoms with van der Waals surface area (Å²) in [5.41, 5.74) is 1.13. The Morgan fingerprint density at radius 3 is 2.63 bits per heavy atom. The van der Waals surface area contributed by atoms with Crippen molar-refractivity contribution in [3.8, 4) is 5.75 Å². The molecule has 0 saturated carbocycles. The SMILES string of the molecule is COc1ccccc1CC(CO)Cc1ccc(Cl)s1. The summed E-state index contributed by atoms with van der Waals surface area (Å²) in [5, 5.41) is 9.55. The van der Waals surface area contributed by atoms with Gasteiger partial charge < -0.3 is 9.84 Å². The molecule has 0 saturated heterocycles. The van der Waals surface area contributed by atoms with Crippen molar-refractivity contribution in [2.45, 2.75) is 12.8 Å². The van der Waals surface area contributed by atoms with Gasteiger partial charge in [-0.2, -0.15) is 0 Å². The summed E-state index contributed by atoms with van der Waals surface area (Å²) in [6.45, 7) is 0.160. The minimum Gasteiger partial charge on any atom is -0.496 e. The zero-order valence-electron chi connectivity index (χ0n) is 10.8. The number of rotatable bonds is 6. The Morgan fingerprint density at radius 2 is 2.00 bits per heavy atom. The fourth-order valence-electron chi connectivity index (χ4n) is 2.13. The first-order chi connectivity index (χ1) is 9.22. The Bertz CT molecular complexity index is 524. The number of hydrogen-bond acceptors (Lipinski definition) is 3. The Labute approximate surface area is 122 Å². The van der Waals surface area contributed by atoms with Crippen molar-refractivity contribution in [2.24, 2.45) is 5.92 Å². The standard InChI is InChI=1S/C15H17ClO2S/c1-18-14-5-3-2-4-12(14)8-11(10-17)9-13-6-7-15(16)19-13/h2-7,11,17H,8-10H2,1H3. The summed E-state index contributed by atoms with van der Waals surface area (Å²) in [7, 11) is 1.67. The molecule has 0 aliphatic carbocycles. The Balaban J connectivity index is 2.06. The lowest BCUT2D eigenvalue weighted by Crippen LogP contribution is -2.12. The van der Waals surface area contributed by atoms with Gasteiger partial charge in [-0.1, -0.05) is 29.8 Å². The van der Waals surface area contributed by atoms with E-state index in [1.165, 1.54) is 4.88 Å². The van der Waals surface area contributed by atoms with Crippen LogP contribution >= 0.6 is 22.9 Å². The van der Waals surface area contributed by atoms with Gasteiger partial charge in [0, 0.05) is 11.5 Å². The molecule has 0 spiro atoms. The highest BCUT2D eigenvalue weighted by molar-refractivity contribution is 7.16. The summed E-state index contributed by atoms with van der Waals surface area (Å²) >= 11 is 7.51. The third kappa shape index (κ3) is 3.96. The van der Waals surface area contributed by atoms with Crippen molar-refractivity contribution in [2.75, 3.05) is 13.7 Å². The highest BCUT2D eigenvalue weighted by Crippen LogP contribution is 2.27. The van der Waals surface area contributed by atoms with E-state index in [9.17, 15) is 5.11 Å². The fraction of sp³-hybridized carbons (Fsp3) is 0.333. The normalized spacial score (nSPS) is 12.4. The Morgan fingerprint density at radius 1 is 1.21 bits per heavy atom. The van der Waals surface area contributed by atoms with E-state index >= 15 is 0 Å². The minimum atomic E-state index is 0.160. The molecule has 1 N–H and O–H groups in total. The summed E-state index contributed by atoms with van der Waals surface area (Å²) < 4.78 is 6.14. The highest BCUT2D eigenvalue weighted by atomic mass is 35.5. The average Bonchev–Trinajstić information content (AvgIpc) is 2.84. The summed E-state index contributed by atoms with van der Waals surface area (Å²) in [5.74, 6) is 1.07. The number of aliphatic hydroxyl groups is 1. The van der Waals surface area contributed by atoms with Crippen molar-refractivity contribution in [1.82, 2.24) is 0 Å². The molecule has 1 unspecified atom stereocenters. The Hall–Kier alpha value is -1.03. The molecule has 0 amide bonds. The van der Waals surface area contributed by atoms with Gasteiger partial charge in [-0.05, 0) is 42.5 Å². The summed E-state index contributed by atoms with van der Waals surface area (Å²) in [4.78, 5) is 1.21. The van der Waals surface area contributed by atoms with E-state index in [-0.39, 0.29) is 12.5 Å². The predicted molar refractivity (Wildman–Crippen MR) is 80.3 cm³/mol. The van der Waals surface area contributed by atoms with E-state index in [0.717, 1.165) is 28.5 Å². The van der Waals surface area contributed by atoms with E-state index in [1.807, 2.05) is 36.4 Å². The van der Waals surface area contributed by atoms with Crippen LogP contribution in [0.3, 0.4) is 0 Å². The molecule has 19 heavy (non-hydrogen) atoms. The van der Waals surface area contributed by atoms with Crippen molar-refractivity contribution in [3.63, 3.8) is 0 Å². The van der Waals surface area contributed by atoms with Gasteiger partial charge in [0.15, 0.2) is 0 Å². The van der Waals surface area contributed by atoms with E-state index in [2.05, 4.69) is 0 Å². The molecule has 1 aromatic carbocycles. The molecule has 1 heterocycles. The minimum absolute atomic E-state index is 0.160. The molecule has 1 atom stereocenters. The fourth-order valence-corrected chi connectivity index (χ4v) is 3.33. The van der Waals surface area contributed by atoms with E-state index < -0.39 is 0 Å². The van der Waals surface area contributed by atoms with Gasteiger partial charge in [-0.15, -0.1) is 11.3 Å². The molecular formula is C15H17ClO2S. The van der Waals surface area contributed by atoms with Crippen molar-refractivity contribution in [3.05, 3.63) is 51.2 Å². The lowest BCUT2D eigenvalue weighted by Gasteiger charge is -2.15. The second kappa shape index (κ2) is 6.94. The molecule has 0 fully saturated rings. The third-order valence-corrected chi connectivity index (χ3v) is 4.33. The lowest BCUT2D eigenvalue weighted by atomic mass is 9.96. The molecule has 102 valence electrons. The molecular weight excluding hydrogens is 280 g/mol. The number of para-hydroxylation sites is 1. The van der Waals surface area contributed by atoms with Crippen LogP contribution in [-0.4, -0.2) is 18.8 Å². The zero-order chi connectivity index (χ0) is 13.7. The van der Waals surface area contributed by atoms with Gasteiger partial charge in [-0.3, -0.25) is 0 Å². The molecule has 0 bridgehead atoms. The van der Waals surface area contributed by atoms with Crippen LogP contribution in [0.2, 0.25) is 4.34 Å². The van der Waals surface area contributed by atoms with Gasteiger partial charge in [0.2, 0.25) is 0 Å². The summed E-state index contributed by atoms with van der Waals surface area (Å²) in [6.07, 6.45) is 1.64. The Kier molecular flexibility index (Phi) is 5.25. The maximum Gasteiger partial charge on any atom is 0.122 e. The van der Waals surface area contributed by atoms with Crippen LogP contribution in [0.5, 0.6) is 5.75 Å².